The van der Waals surface area contributed by atoms with Gasteiger partial charge in [-0.15, -0.1) is 0 Å². The van der Waals surface area contributed by atoms with Crippen LogP contribution >= 0.6 is 0 Å². The number of ether oxygens (including phenoxy) is 3. The van der Waals surface area contributed by atoms with Crippen molar-refractivity contribution in [3.05, 3.63) is 96.1 Å². The van der Waals surface area contributed by atoms with Crippen molar-refractivity contribution in [3.63, 3.8) is 0 Å². The molecule has 0 radical (unpaired) electrons. The summed E-state index contributed by atoms with van der Waals surface area (Å²) in [5.74, 6) is 0.203. The zero-order valence-electron chi connectivity index (χ0n) is 17.7. The van der Waals surface area contributed by atoms with E-state index in [0.29, 0.717) is 31.0 Å². The van der Waals surface area contributed by atoms with E-state index in [2.05, 4.69) is 0 Å². The summed E-state index contributed by atoms with van der Waals surface area (Å²) in [5, 5.41) is 0. The lowest BCUT2D eigenvalue weighted by Crippen LogP contribution is -2.41. The van der Waals surface area contributed by atoms with E-state index < -0.39 is 12.1 Å². The molecule has 4 rings (SSSR count). The molecule has 3 aromatic rings. The number of hydrogen-bond donors (Lipinski definition) is 0. The van der Waals surface area contributed by atoms with E-state index in [1.807, 2.05) is 66.7 Å². The molecule has 0 bridgehead atoms. The van der Waals surface area contributed by atoms with Crippen molar-refractivity contribution in [2.24, 2.45) is 0 Å². The molecular weight excluding hydrogens is 406 g/mol. The highest BCUT2D eigenvalue weighted by molar-refractivity contribution is 5.82. The van der Waals surface area contributed by atoms with Crippen LogP contribution in [0.2, 0.25) is 0 Å². The molecule has 0 aromatic heterocycles. The molecule has 164 valence electrons. The normalized spacial score (nSPS) is 14.4. The molecule has 0 saturated heterocycles. The third-order valence-electron chi connectivity index (χ3n) is 5.19. The van der Waals surface area contributed by atoms with Gasteiger partial charge in [-0.25, -0.2) is 4.79 Å². The van der Waals surface area contributed by atoms with Gasteiger partial charge in [0.05, 0.1) is 0 Å². The third-order valence-corrected chi connectivity index (χ3v) is 5.19. The van der Waals surface area contributed by atoms with Crippen molar-refractivity contribution in [3.8, 4) is 11.5 Å². The van der Waals surface area contributed by atoms with Gasteiger partial charge < -0.3 is 19.1 Å². The van der Waals surface area contributed by atoms with Crippen LogP contribution in [0.3, 0.4) is 0 Å². The quantitative estimate of drug-likeness (QED) is 0.510. The average molecular weight is 431 g/mol. The van der Waals surface area contributed by atoms with Crippen molar-refractivity contribution < 1.29 is 23.8 Å². The van der Waals surface area contributed by atoms with E-state index in [1.165, 1.54) is 0 Å². The smallest absolute Gasteiger partial charge is 0.351 e. The highest BCUT2D eigenvalue weighted by atomic mass is 16.6. The predicted molar refractivity (Wildman–Crippen MR) is 119 cm³/mol. The van der Waals surface area contributed by atoms with Crippen LogP contribution in [-0.4, -0.2) is 42.6 Å². The minimum Gasteiger partial charge on any atom is -0.485 e. The maximum Gasteiger partial charge on any atom is 0.351 e. The predicted octanol–water partition coefficient (Wildman–Crippen LogP) is 3.64. The van der Waals surface area contributed by atoms with Crippen molar-refractivity contribution in [1.29, 1.82) is 0 Å². The van der Waals surface area contributed by atoms with Gasteiger partial charge in [0, 0.05) is 13.1 Å². The SMILES string of the molecule is O=C(OCC(=O)N(CCc1ccccc1)Cc1ccccc1)[C@H]1COc2ccccc2O1. The lowest BCUT2D eigenvalue weighted by atomic mass is 10.1. The van der Waals surface area contributed by atoms with Gasteiger partial charge in [-0.3, -0.25) is 4.79 Å². The molecule has 0 aliphatic carbocycles. The van der Waals surface area contributed by atoms with Crippen molar-refractivity contribution in [1.82, 2.24) is 4.90 Å². The number of fused-ring (bicyclic) bond motifs is 1. The Hall–Kier alpha value is -3.80. The Balaban J connectivity index is 1.35. The van der Waals surface area contributed by atoms with Gasteiger partial charge in [0.1, 0.15) is 6.61 Å². The van der Waals surface area contributed by atoms with Crippen LogP contribution in [0.15, 0.2) is 84.9 Å². The van der Waals surface area contributed by atoms with Gasteiger partial charge in [0.15, 0.2) is 18.1 Å². The van der Waals surface area contributed by atoms with Crippen LogP contribution < -0.4 is 9.47 Å². The van der Waals surface area contributed by atoms with E-state index in [4.69, 9.17) is 14.2 Å². The third kappa shape index (κ3) is 5.66. The van der Waals surface area contributed by atoms with E-state index in [9.17, 15) is 9.59 Å². The molecule has 1 atom stereocenters. The van der Waals surface area contributed by atoms with Crippen LogP contribution in [0.25, 0.3) is 0 Å². The largest absolute Gasteiger partial charge is 0.485 e. The molecule has 3 aromatic carbocycles. The average Bonchev–Trinajstić information content (AvgIpc) is 2.85. The molecule has 0 N–H and O–H groups in total. The van der Waals surface area contributed by atoms with Crippen LogP contribution in [0.4, 0.5) is 0 Å². The molecule has 1 aliphatic heterocycles. The van der Waals surface area contributed by atoms with Gasteiger partial charge >= 0.3 is 5.97 Å². The fourth-order valence-corrected chi connectivity index (χ4v) is 3.46. The molecule has 1 amide bonds. The number of carbonyl (C=O) groups excluding carboxylic acids is 2. The Labute approximate surface area is 187 Å². The lowest BCUT2D eigenvalue weighted by molar-refractivity contribution is -0.160. The Kier molecular flexibility index (Phi) is 7.02. The summed E-state index contributed by atoms with van der Waals surface area (Å²) < 4.78 is 16.5. The van der Waals surface area contributed by atoms with Gasteiger partial charge in [0.25, 0.3) is 5.91 Å². The van der Waals surface area contributed by atoms with E-state index in [-0.39, 0.29) is 19.1 Å². The minimum absolute atomic E-state index is 0.0474. The highest BCUT2D eigenvalue weighted by Crippen LogP contribution is 2.31. The van der Waals surface area contributed by atoms with Crippen molar-refractivity contribution >= 4 is 11.9 Å². The standard InChI is InChI=1S/C26H25NO5/c28-25(19-31-26(29)24-18-30-22-13-7-8-14-23(22)32-24)27(17-21-11-5-2-6-12-21)16-15-20-9-3-1-4-10-20/h1-14,24H,15-19H2/t24-/m1/s1. The summed E-state index contributed by atoms with van der Waals surface area (Å²) in [6.07, 6.45) is -0.187. The molecule has 0 unspecified atom stereocenters. The summed E-state index contributed by atoms with van der Waals surface area (Å²) in [5.41, 5.74) is 2.16. The molecule has 6 heteroatoms. The molecule has 0 spiro atoms. The number of nitrogens with zero attached hydrogens (tertiary/aromatic N) is 1. The minimum atomic E-state index is -0.899. The number of esters is 1. The first kappa shape index (κ1) is 21.4. The Bertz CT molecular complexity index is 1040. The zero-order chi connectivity index (χ0) is 22.2. The fraction of sp³-hybridized carbons (Fsp3) is 0.231. The maximum absolute atomic E-state index is 12.9. The number of hydrogen-bond acceptors (Lipinski definition) is 5. The Morgan fingerprint density at radius 1 is 0.844 bits per heavy atom. The van der Waals surface area contributed by atoms with E-state index in [0.717, 1.165) is 11.1 Å². The maximum atomic E-state index is 12.9. The fourth-order valence-electron chi connectivity index (χ4n) is 3.46. The molecule has 1 aliphatic rings. The van der Waals surface area contributed by atoms with Crippen molar-refractivity contribution in [2.45, 2.75) is 19.1 Å². The summed E-state index contributed by atoms with van der Waals surface area (Å²) in [7, 11) is 0. The first-order valence-corrected chi connectivity index (χ1v) is 10.6. The van der Waals surface area contributed by atoms with Gasteiger partial charge in [-0.2, -0.15) is 0 Å². The number of benzene rings is 3. The summed E-state index contributed by atoms with van der Waals surface area (Å²) in [6, 6.07) is 26.9. The second kappa shape index (κ2) is 10.5. The van der Waals surface area contributed by atoms with E-state index >= 15 is 0 Å². The molecule has 1 heterocycles. The number of rotatable bonds is 8. The van der Waals surface area contributed by atoms with Crippen LogP contribution in [0.5, 0.6) is 11.5 Å². The molecule has 6 nitrogen and oxygen atoms in total. The lowest BCUT2D eigenvalue weighted by Gasteiger charge is -2.26. The van der Waals surface area contributed by atoms with Crippen molar-refractivity contribution in [2.75, 3.05) is 19.8 Å². The van der Waals surface area contributed by atoms with Crippen LogP contribution in [-0.2, 0) is 27.3 Å². The first-order valence-electron chi connectivity index (χ1n) is 10.6. The van der Waals surface area contributed by atoms with Gasteiger partial charge in [-0.1, -0.05) is 72.8 Å². The number of para-hydroxylation sites is 2. The molecule has 0 fully saturated rings. The topological polar surface area (TPSA) is 65.1 Å². The molecule has 0 saturated carbocycles. The summed E-state index contributed by atoms with van der Waals surface area (Å²) in [6.45, 7) is 0.667. The first-order chi connectivity index (χ1) is 15.7. The zero-order valence-corrected chi connectivity index (χ0v) is 17.7. The van der Waals surface area contributed by atoms with Gasteiger partial charge in [-0.05, 0) is 29.7 Å². The van der Waals surface area contributed by atoms with Crippen LogP contribution in [0, 0.1) is 0 Å². The summed E-state index contributed by atoms with van der Waals surface area (Å²) >= 11 is 0. The Morgan fingerprint density at radius 2 is 1.47 bits per heavy atom. The second-order valence-corrected chi connectivity index (χ2v) is 7.51. The van der Waals surface area contributed by atoms with Crippen LogP contribution in [0.1, 0.15) is 11.1 Å². The highest BCUT2D eigenvalue weighted by Gasteiger charge is 2.29. The molecular formula is C26H25NO5. The van der Waals surface area contributed by atoms with E-state index in [1.54, 1.807) is 23.1 Å². The number of carbonyl (C=O) groups is 2. The second-order valence-electron chi connectivity index (χ2n) is 7.51. The molecule has 32 heavy (non-hydrogen) atoms. The van der Waals surface area contributed by atoms with Gasteiger partial charge in [0.2, 0.25) is 6.10 Å². The number of amides is 1. The summed E-state index contributed by atoms with van der Waals surface area (Å²) in [4.78, 5) is 27.1. The monoisotopic (exact) mass is 431 g/mol. The Morgan fingerprint density at radius 3 is 2.19 bits per heavy atom.